The fourth-order valence-corrected chi connectivity index (χ4v) is 2.11. The summed E-state index contributed by atoms with van der Waals surface area (Å²) in [6.45, 7) is 3.27. The lowest BCUT2D eigenvalue weighted by Gasteiger charge is -2.07. The molecule has 2 N–H and O–H groups in total. The van der Waals surface area contributed by atoms with Crippen LogP contribution in [0.2, 0.25) is 0 Å². The zero-order chi connectivity index (χ0) is 18.6. The molecule has 0 fully saturated rings. The lowest BCUT2D eigenvalue weighted by Crippen LogP contribution is -2.19. The van der Waals surface area contributed by atoms with Gasteiger partial charge in [0.2, 0.25) is 0 Å². The van der Waals surface area contributed by atoms with Gasteiger partial charge in [-0.1, -0.05) is 6.07 Å². The van der Waals surface area contributed by atoms with Crippen molar-refractivity contribution in [3.05, 3.63) is 63.2 Å². The molecule has 0 spiro atoms. The third kappa shape index (κ3) is 4.11. The molecule has 0 aliphatic carbocycles. The minimum Gasteiger partial charge on any atom is -0.504 e. The molecule has 0 saturated heterocycles. The average Bonchev–Trinajstić information content (AvgIpc) is 2.59. The van der Waals surface area contributed by atoms with E-state index in [4.69, 9.17) is 4.74 Å². The van der Waals surface area contributed by atoms with Gasteiger partial charge in [-0.15, -0.1) is 0 Å². The van der Waals surface area contributed by atoms with Gasteiger partial charge in [0, 0.05) is 22.8 Å². The van der Waals surface area contributed by atoms with Gasteiger partial charge in [0.25, 0.3) is 11.6 Å². The number of hydrogen-bond acceptors (Lipinski definition) is 6. The first-order valence-corrected chi connectivity index (χ1v) is 7.30. The molecule has 0 aliphatic heterocycles. The van der Waals surface area contributed by atoms with Gasteiger partial charge in [-0.05, 0) is 38.1 Å². The highest BCUT2D eigenvalue weighted by Crippen LogP contribution is 2.26. The van der Waals surface area contributed by atoms with Gasteiger partial charge in [-0.25, -0.2) is 5.43 Å². The molecular weight excluding hydrogens is 326 g/mol. The normalized spacial score (nSPS) is 11.1. The van der Waals surface area contributed by atoms with E-state index in [-0.39, 0.29) is 22.7 Å². The predicted molar refractivity (Wildman–Crippen MR) is 92.2 cm³/mol. The quantitative estimate of drug-likeness (QED) is 0.492. The Morgan fingerprint density at radius 3 is 2.56 bits per heavy atom. The van der Waals surface area contributed by atoms with E-state index in [1.54, 1.807) is 26.0 Å². The Morgan fingerprint density at radius 1 is 1.24 bits per heavy atom. The van der Waals surface area contributed by atoms with Gasteiger partial charge in [0.15, 0.2) is 11.5 Å². The van der Waals surface area contributed by atoms with Crippen LogP contribution in [0.15, 0.2) is 41.5 Å². The summed E-state index contributed by atoms with van der Waals surface area (Å²) in [7, 11) is 1.43. The summed E-state index contributed by atoms with van der Waals surface area (Å²) >= 11 is 0. The van der Waals surface area contributed by atoms with Gasteiger partial charge in [-0.3, -0.25) is 14.9 Å². The number of nitrogens with one attached hydrogen (secondary N) is 1. The van der Waals surface area contributed by atoms with Crippen LogP contribution in [0.1, 0.15) is 28.4 Å². The van der Waals surface area contributed by atoms with Crippen LogP contribution in [0.4, 0.5) is 5.69 Å². The summed E-state index contributed by atoms with van der Waals surface area (Å²) in [4.78, 5) is 22.5. The predicted octanol–water partition coefficient (Wildman–Crippen LogP) is 2.77. The molecule has 130 valence electrons. The largest absolute Gasteiger partial charge is 0.504 e. The second kappa shape index (κ2) is 7.43. The maximum atomic E-state index is 12.1. The Bertz CT molecular complexity index is 861. The number of nitrogens with zero attached hydrogens (tertiary/aromatic N) is 2. The number of rotatable bonds is 5. The minimum absolute atomic E-state index is 0.00458. The second-order valence-electron chi connectivity index (χ2n) is 5.28. The molecule has 0 aliphatic rings. The molecule has 8 nitrogen and oxygen atoms in total. The van der Waals surface area contributed by atoms with E-state index >= 15 is 0 Å². The molecule has 25 heavy (non-hydrogen) atoms. The van der Waals surface area contributed by atoms with Crippen LogP contribution in [0.3, 0.4) is 0 Å². The van der Waals surface area contributed by atoms with E-state index in [0.29, 0.717) is 16.8 Å². The zero-order valence-electron chi connectivity index (χ0n) is 13.9. The zero-order valence-corrected chi connectivity index (χ0v) is 13.9. The maximum absolute atomic E-state index is 12.1. The van der Waals surface area contributed by atoms with Crippen molar-refractivity contribution in [3.8, 4) is 11.5 Å². The highest BCUT2D eigenvalue weighted by molar-refractivity contribution is 6.01. The van der Waals surface area contributed by atoms with E-state index < -0.39 is 10.8 Å². The number of nitro benzene ring substituents is 1. The number of ether oxygens (including phenoxy) is 1. The van der Waals surface area contributed by atoms with E-state index in [0.717, 1.165) is 0 Å². The molecule has 0 heterocycles. The van der Waals surface area contributed by atoms with Gasteiger partial charge in [-0.2, -0.15) is 5.10 Å². The molecule has 0 radical (unpaired) electrons. The standard InChI is InChI=1S/C17H17N3O5/c1-10-4-5-13(8-14(10)20(23)24)17(22)19-18-11(2)12-6-7-15(21)16(9-12)25-3/h4-9,21H,1-3H3,(H,19,22). The summed E-state index contributed by atoms with van der Waals surface area (Å²) < 4.78 is 5.02. The lowest BCUT2D eigenvalue weighted by atomic mass is 10.1. The summed E-state index contributed by atoms with van der Waals surface area (Å²) in [6.07, 6.45) is 0. The van der Waals surface area contributed by atoms with Crippen molar-refractivity contribution < 1.29 is 19.6 Å². The van der Waals surface area contributed by atoms with Crippen molar-refractivity contribution in [1.82, 2.24) is 5.43 Å². The SMILES string of the molecule is COc1cc(C(C)=NNC(=O)c2ccc(C)c([N+](=O)[O-])c2)ccc1O. The number of carbonyl (C=O) groups is 1. The van der Waals surface area contributed by atoms with E-state index in [1.165, 1.54) is 31.4 Å². The lowest BCUT2D eigenvalue weighted by molar-refractivity contribution is -0.385. The van der Waals surface area contributed by atoms with Crippen LogP contribution >= 0.6 is 0 Å². The minimum atomic E-state index is -0.562. The monoisotopic (exact) mass is 343 g/mol. The smallest absolute Gasteiger partial charge is 0.273 e. The fourth-order valence-electron chi connectivity index (χ4n) is 2.11. The molecule has 0 bridgehead atoms. The first kappa shape index (κ1) is 17.9. The number of aromatic hydroxyl groups is 1. The van der Waals surface area contributed by atoms with Crippen LogP contribution in [0.25, 0.3) is 0 Å². The Hall–Kier alpha value is -3.42. The van der Waals surface area contributed by atoms with Crippen LogP contribution < -0.4 is 10.2 Å². The number of carbonyl (C=O) groups excluding carboxylic acids is 1. The van der Waals surface area contributed by atoms with Crippen LogP contribution in [0, 0.1) is 17.0 Å². The highest BCUT2D eigenvalue weighted by atomic mass is 16.6. The number of hydrogen-bond donors (Lipinski definition) is 2. The van der Waals surface area contributed by atoms with Gasteiger partial charge in [0.1, 0.15) is 0 Å². The number of benzene rings is 2. The molecule has 2 aromatic rings. The van der Waals surface area contributed by atoms with Crippen LogP contribution in [-0.2, 0) is 0 Å². The van der Waals surface area contributed by atoms with Crippen molar-refractivity contribution in [2.24, 2.45) is 5.10 Å². The number of nitro groups is 1. The van der Waals surface area contributed by atoms with Gasteiger partial charge < -0.3 is 9.84 Å². The molecule has 2 rings (SSSR count). The van der Waals surface area contributed by atoms with Crippen LogP contribution in [0.5, 0.6) is 11.5 Å². The molecule has 1 amide bonds. The number of hydrazone groups is 1. The number of phenolic OH excluding ortho intramolecular Hbond substituents is 1. The molecule has 0 aromatic heterocycles. The topological polar surface area (TPSA) is 114 Å². The third-order valence-electron chi connectivity index (χ3n) is 3.59. The summed E-state index contributed by atoms with van der Waals surface area (Å²) in [5.41, 5.74) is 3.96. The third-order valence-corrected chi connectivity index (χ3v) is 3.59. The van der Waals surface area contributed by atoms with Crippen LogP contribution in [-0.4, -0.2) is 28.8 Å². The molecule has 8 heteroatoms. The molecular formula is C17H17N3O5. The first-order chi connectivity index (χ1) is 11.8. The van der Waals surface area contributed by atoms with Crippen molar-refractivity contribution in [1.29, 1.82) is 0 Å². The Kier molecular flexibility index (Phi) is 5.33. The molecule has 0 atom stereocenters. The Morgan fingerprint density at radius 2 is 1.92 bits per heavy atom. The summed E-state index contributed by atoms with van der Waals surface area (Å²) in [6, 6.07) is 8.87. The Balaban J connectivity index is 2.19. The van der Waals surface area contributed by atoms with Gasteiger partial charge >= 0.3 is 0 Å². The maximum Gasteiger partial charge on any atom is 0.273 e. The molecule has 0 saturated carbocycles. The summed E-state index contributed by atoms with van der Waals surface area (Å²) in [5.74, 6) is -0.282. The van der Waals surface area contributed by atoms with Crippen molar-refractivity contribution >= 4 is 17.3 Å². The van der Waals surface area contributed by atoms with Crippen molar-refractivity contribution in [2.75, 3.05) is 7.11 Å². The average molecular weight is 343 g/mol. The summed E-state index contributed by atoms with van der Waals surface area (Å²) in [5, 5.41) is 24.5. The number of aryl methyl sites for hydroxylation is 1. The highest BCUT2D eigenvalue weighted by Gasteiger charge is 2.15. The second-order valence-corrected chi connectivity index (χ2v) is 5.28. The first-order valence-electron chi connectivity index (χ1n) is 7.30. The molecule has 2 aromatic carbocycles. The van der Waals surface area contributed by atoms with Crippen molar-refractivity contribution in [3.63, 3.8) is 0 Å². The number of methoxy groups -OCH3 is 1. The number of phenols is 1. The van der Waals surface area contributed by atoms with E-state index in [2.05, 4.69) is 10.5 Å². The van der Waals surface area contributed by atoms with Crippen molar-refractivity contribution in [2.45, 2.75) is 13.8 Å². The van der Waals surface area contributed by atoms with E-state index in [9.17, 15) is 20.0 Å². The van der Waals surface area contributed by atoms with E-state index in [1.807, 2.05) is 0 Å². The Labute approximate surface area is 143 Å². The van der Waals surface area contributed by atoms with Gasteiger partial charge in [0.05, 0.1) is 17.7 Å². The molecule has 0 unspecified atom stereocenters. The number of amides is 1. The fraction of sp³-hybridized carbons (Fsp3) is 0.176.